The normalized spacial score (nSPS) is 13.1. The molecule has 1 aliphatic heterocycles. The standard InChI is InChI=1S/C32H20N6S.Pt/c1-2-11-25-21(8-1)20-34-38(25)23-10-7-9-22(18-23)36-26-12-3-4-13-27(26)37-30(36)19-24-31-28(39-32(24)37)15-17-35(31)29-14-5-6-16-33-29;/h1-14,16,20H,15,17H2;/q-2;+2. The molecule has 0 unspecified atom stereocenters. The Labute approximate surface area is 248 Å². The fourth-order valence-corrected chi connectivity index (χ4v) is 7.22. The molecule has 8 heteroatoms. The maximum atomic E-state index is 4.67. The molecular formula is C32H20N6PtS. The number of thiophene rings is 1. The van der Waals surface area contributed by atoms with Crippen LogP contribution in [0.4, 0.5) is 11.5 Å². The number of fused-ring (bicyclic) bond motifs is 8. The molecule has 0 N–H and O–H groups in total. The Kier molecular flexibility index (Phi) is 5.28. The van der Waals surface area contributed by atoms with Gasteiger partial charge in [-0.25, -0.2) is 16.3 Å². The molecule has 6 nitrogen and oxygen atoms in total. The second-order valence-corrected chi connectivity index (χ2v) is 10.9. The van der Waals surface area contributed by atoms with Gasteiger partial charge in [0.05, 0.1) is 22.7 Å². The quantitative estimate of drug-likeness (QED) is 0.183. The SMILES string of the molecule is [Pt+2].[c-]1c(-n2ncc3ccccc32)cccc1-n1c2ccccc2n2c3sc4c(c3[c-]c12)N(c1ccccn1)CC4. The smallest absolute Gasteiger partial charge is 0.378 e. The number of imidazole rings is 1. The van der Waals surface area contributed by atoms with Crippen molar-refractivity contribution in [3.05, 3.63) is 114 Å². The monoisotopic (exact) mass is 715 g/mol. The number of para-hydroxylation sites is 3. The van der Waals surface area contributed by atoms with Crippen molar-refractivity contribution in [2.75, 3.05) is 11.4 Å². The summed E-state index contributed by atoms with van der Waals surface area (Å²) in [6.07, 6.45) is 4.79. The van der Waals surface area contributed by atoms with Crippen LogP contribution >= 0.6 is 11.3 Å². The zero-order valence-electron chi connectivity index (χ0n) is 21.1. The maximum Gasteiger partial charge on any atom is 2.00 e. The topological polar surface area (TPSA) is 43.3 Å². The molecule has 0 radical (unpaired) electrons. The zero-order valence-corrected chi connectivity index (χ0v) is 24.1. The Balaban J connectivity index is 0.00000245. The van der Waals surface area contributed by atoms with Crippen LogP contribution in [0.15, 0.2) is 97.3 Å². The van der Waals surface area contributed by atoms with Crippen molar-refractivity contribution in [1.29, 1.82) is 0 Å². The van der Waals surface area contributed by atoms with Crippen LogP contribution in [0.25, 0.3) is 49.2 Å². The van der Waals surface area contributed by atoms with Gasteiger partial charge in [0.2, 0.25) is 0 Å². The molecule has 5 aromatic heterocycles. The molecule has 0 aliphatic carbocycles. The molecule has 6 heterocycles. The molecule has 1 aliphatic rings. The van der Waals surface area contributed by atoms with Crippen molar-refractivity contribution in [2.45, 2.75) is 6.42 Å². The Hall–Kier alpha value is -4.19. The van der Waals surface area contributed by atoms with E-state index in [-0.39, 0.29) is 21.1 Å². The van der Waals surface area contributed by atoms with Crippen LogP contribution in [0.2, 0.25) is 0 Å². The third kappa shape index (κ3) is 3.25. The molecule has 0 bridgehead atoms. The minimum Gasteiger partial charge on any atom is -0.378 e. The number of rotatable bonds is 3. The number of anilines is 2. The third-order valence-corrected chi connectivity index (χ3v) is 8.85. The van der Waals surface area contributed by atoms with Crippen molar-refractivity contribution < 1.29 is 21.1 Å². The molecule has 40 heavy (non-hydrogen) atoms. The number of hydrogen-bond acceptors (Lipinski definition) is 4. The van der Waals surface area contributed by atoms with Gasteiger partial charge in [-0.2, -0.15) is 11.2 Å². The van der Waals surface area contributed by atoms with Crippen LogP contribution in [0.1, 0.15) is 4.88 Å². The molecule has 8 aromatic rings. The summed E-state index contributed by atoms with van der Waals surface area (Å²) < 4.78 is 6.58. The number of hydrogen-bond donors (Lipinski definition) is 0. The average molecular weight is 716 g/mol. The molecule has 0 spiro atoms. The van der Waals surface area contributed by atoms with E-state index in [0.717, 1.165) is 63.1 Å². The van der Waals surface area contributed by atoms with Gasteiger partial charge < -0.3 is 13.9 Å². The summed E-state index contributed by atoms with van der Waals surface area (Å²) in [7, 11) is 0. The second-order valence-electron chi connectivity index (χ2n) is 9.79. The van der Waals surface area contributed by atoms with E-state index in [1.54, 1.807) is 0 Å². The first-order valence-electron chi connectivity index (χ1n) is 13.0. The van der Waals surface area contributed by atoms with Gasteiger partial charge in [-0.05, 0) is 57.8 Å². The number of aromatic nitrogens is 5. The third-order valence-electron chi connectivity index (χ3n) is 7.63. The van der Waals surface area contributed by atoms with Gasteiger partial charge in [0.1, 0.15) is 5.82 Å². The van der Waals surface area contributed by atoms with Crippen molar-refractivity contribution in [2.24, 2.45) is 0 Å². The summed E-state index contributed by atoms with van der Waals surface area (Å²) in [6.45, 7) is 0.941. The molecule has 0 amide bonds. The first kappa shape index (κ1) is 23.7. The molecule has 9 rings (SSSR count). The van der Waals surface area contributed by atoms with E-state index in [2.05, 4.69) is 103 Å². The van der Waals surface area contributed by atoms with Crippen molar-refractivity contribution >= 4 is 60.6 Å². The van der Waals surface area contributed by atoms with E-state index in [0.29, 0.717) is 0 Å². The number of nitrogens with zero attached hydrogens (tertiary/aromatic N) is 6. The summed E-state index contributed by atoms with van der Waals surface area (Å²) in [5, 5.41) is 6.93. The number of benzene rings is 3. The van der Waals surface area contributed by atoms with E-state index in [4.69, 9.17) is 0 Å². The van der Waals surface area contributed by atoms with Gasteiger partial charge in [0.25, 0.3) is 0 Å². The summed E-state index contributed by atoms with van der Waals surface area (Å²) in [4.78, 5) is 9.61. The molecule has 0 fully saturated rings. The van der Waals surface area contributed by atoms with Crippen LogP contribution in [0, 0.1) is 12.1 Å². The van der Waals surface area contributed by atoms with E-state index in [1.807, 2.05) is 46.6 Å². The maximum absolute atomic E-state index is 4.67. The van der Waals surface area contributed by atoms with Crippen LogP contribution in [0.5, 0.6) is 0 Å². The first-order chi connectivity index (χ1) is 19.3. The van der Waals surface area contributed by atoms with Crippen LogP contribution in [-0.4, -0.2) is 30.3 Å². The van der Waals surface area contributed by atoms with Crippen molar-refractivity contribution in [3.8, 4) is 11.4 Å². The van der Waals surface area contributed by atoms with Gasteiger partial charge in [0.15, 0.2) is 0 Å². The second kappa shape index (κ2) is 8.91. The first-order valence-corrected chi connectivity index (χ1v) is 13.8. The minimum absolute atomic E-state index is 0. The van der Waals surface area contributed by atoms with E-state index >= 15 is 0 Å². The van der Waals surface area contributed by atoms with Crippen LogP contribution < -0.4 is 4.90 Å². The molecule has 3 aromatic carbocycles. The molecule has 0 saturated carbocycles. The Morgan fingerprint density at radius 1 is 0.775 bits per heavy atom. The van der Waals surface area contributed by atoms with Gasteiger partial charge in [0, 0.05) is 23.8 Å². The number of pyridine rings is 1. The van der Waals surface area contributed by atoms with Crippen molar-refractivity contribution in [3.63, 3.8) is 0 Å². The molecule has 0 atom stereocenters. The fraction of sp³-hybridized carbons (Fsp3) is 0.0625. The Morgan fingerprint density at radius 3 is 2.45 bits per heavy atom. The van der Waals surface area contributed by atoms with E-state index < -0.39 is 0 Å². The van der Waals surface area contributed by atoms with Crippen LogP contribution in [0.3, 0.4) is 0 Å². The fourth-order valence-electron chi connectivity index (χ4n) is 5.96. The summed E-state index contributed by atoms with van der Waals surface area (Å²) in [5.74, 6) is 0.987. The van der Waals surface area contributed by atoms with Gasteiger partial charge in [-0.1, -0.05) is 42.1 Å². The van der Waals surface area contributed by atoms with Gasteiger partial charge in [-0.15, -0.1) is 29.7 Å². The minimum atomic E-state index is 0. The zero-order chi connectivity index (χ0) is 25.5. The van der Waals surface area contributed by atoms with E-state index in [1.165, 1.54) is 15.4 Å². The summed E-state index contributed by atoms with van der Waals surface area (Å²) in [6, 6.07) is 36.7. The predicted octanol–water partition coefficient (Wildman–Crippen LogP) is 7.12. The predicted molar refractivity (Wildman–Crippen MR) is 157 cm³/mol. The molecular weight excluding hydrogens is 696 g/mol. The molecule has 0 saturated heterocycles. The van der Waals surface area contributed by atoms with Crippen LogP contribution in [-0.2, 0) is 27.5 Å². The van der Waals surface area contributed by atoms with Crippen molar-refractivity contribution in [1.82, 2.24) is 23.7 Å². The molecule has 194 valence electrons. The average Bonchev–Trinajstić information content (AvgIpc) is 3.78. The summed E-state index contributed by atoms with van der Waals surface area (Å²) >= 11 is 1.87. The largest absolute Gasteiger partial charge is 2.00 e. The Bertz CT molecular complexity index is 2200. The van der Waals surface area contributed by atoms with Gasteiger partial charge in [-0.3, -0.25) is 4.68 Å². The Morgan fingerprint density at radius 2 is 1.57 bits per heavy atom. The van der Waals surface area contributed by atoms with Gasteiger partial charge >= 0.3 is 21.1 Å². The summed E-state index contributed by atoms with van der Waals surface area (Å²) in [5.41, 5.74) is 7.46. The van der Waals surface area contributed by atoms with E-state index in [9.17, 15) is 0 Å².